The van der Waals surface area contributed by atoms with Gasteiger partial charge in [0.1, 0.15) is 28.5 Å². The number of imidazole rings is 1. The van der Waals surface area contributed by atoms with E-state index in [9.17, 15) is 13.6 Å². The second-order valence-corrected chi connectivity index (χ2v) is 10.4. The van der Waals surface area contributed by atoms with Gasteiger partial charge in [0.25, 0.3) is 5.91 Å². The molecule has 1 amide bonds. The summed E-state index contributed by atoms with van der Waals surface area (Å²) in [5.41, 5.74) is 2.28. The van der Waals surface area contributed by atoms with Gasteiger partial charge in [0, 0.05) is 42.5 Å². The van der Waals surface area contributed by atoms with Crippen molar-refractivity contribution in [1.29, 1.82) is 0 Å². The highest BCUT2D eigenvalue weighted by atomic mass is 19.3. The number of hydrogen-bond acceptors (Lipinski definition) is 6. The lowest BCUT2D eigenvalue weighted by molar-refractivity contribution is -0.0740. The van der Waals surface area contributed by atoms with Crippen LogP contribution in [-0.2, 0) is 0 Å². The molecular weight excluding hydrogens is 494 g/mol. The third kappa shape index (κ3) is 4.77. The van der Waals surface area contributed by atoms with E-state index in [0.717, 1.165) is 31.6 Å². The van der Waals surface area contributed by atoms with E-state index in [1.54, 1.807) is 12.3 Å². The molecule has 3 aliphatic rings. The summed E-state index contributed by atoms with van der Waals surface area (Å²) in [6, 6.07) is 6.83. The third-order valence-corrected chi connectivity index (χ3v) is 8.07. The number of methoxy groups -OCH3 is 1. The maximum atomic E-state index is 13.3. The Morgan fingerprint density at radius 3 is 2.68 bits per heavy atom. The van der Waals surface area contributed by atoms with Gasteiger partial charge in [0.05, 0.1) is 25.6 Å². The summed E-state index contributed by atoms with van der Waals surface area (Å²) in [5, 5.41) is 2.81. The number of amides is 1. The zero-order chi connectivity index (χ0) is 26.3. The molecule has 3 fully saturated rings. The Balaban J connectivity index is 1.19. The number of benzene rings is 1. The van der Waals surface area contributed by atoms with Crippen LogP contribution in [-0.4, -0.2) is 65.2 Å². The van der Waals surface area contributed by atoms with Gasteiger partial charge in [0.2, 0.25) is 0 Å². The largest absolute Gasteiger partial charge is 0.496 e. The fourth-order valence-corrected chi connectivity index (χ4v) is 5.59. The minimum Gasteiger partial charge on any atom is -0.496 e. The molecule has 1 aromatic carbocycles. The first-order valence-electron chi connectivity index (χ1n) is 13.3. The highest BCUT2D eigenvalue weighted by Gasteiger charge is 2.48. The zero-order valence-corrected chi connectivity index (χ0v) is 21.4. The van der Waals surface area contributed by atoms with E-state index >= 15 is 0 Å². The lowest BCUT2D eigenvalue weighted by Crippen LogP contribution is -2.63. The van der Waals surface area contributed by atoms with Crippen molar-refractivity contribution in [2.45, 2.75) is 63.1 Å². The molecule has 38 heavy (non-hydrogen) atoms. The van der Waals surface area contributed by atoms with Crippen LogP contribution in [0, 0.1) is 0 Å². The average molecular weight is 527 g/mol. The molecule has 2 saturated carbocycles. The molecule has 1 aliphatic heterocycles. The van der Waals surface area contributed by atoms with Gasteiger partial charge in [0.15, 0.2) is 0 Å². The standard InChI is InChI=1S/C28H32F2N4O4/c1-36-22-14-18(15-23(38-27(29)30)25(22)26(35)32-19-4-5-19)21-17-31-24-16-20(6-11-34(21)24)37-13-3-10-33-12-9-28(33)7-2-8-28/h6,11,14-17,19,27H,2-5,7-10,12-13H2,1H3,(H,32,35). The second kappa shape index (κ2) is 10.1. The maximum Gasteiger partial charge on any atom is 0.387 e. The first kappa shape index (κ1) is 24.9. The van der Waals surface area contributed by atoms with Crippen LogP contribution in [0.25, 0.3) is 16.9 Å². The molecule has 0 radical (unpaired) electrons. The molecule has 3 heterocycles. The fraction of sp³-hybridized carbons (Fsp3) is 0.500. The Kier molecular flexibility index (Phi) is 6.59. The predicted molar refractivity (Wildman–Crippen MR) is 137 cm³/mol. The minimum absolute atomic E-state index is 0.0468. The van der Waals surface area contributed by atoms with Crippen LogP contribution < -0.4 is 19.5 Å². The van der Waals surface area contributed by atoms with Crippen LogP contribution in [0.2, 0.25) is 0 Å². The topological polar surface area (TPSA) is 77.3 Å². The number of halogens is 2. The van der Waals surface area contributed by atoms with E-state index in [4.69, 9.17) is 14.2 Å². The van der Waals surface area contributed by atoms with E-state index in [2.05, 4.69) is 15.2 Å². The zero-order valence-electron chi connectivity index (χ0n) is 21.4. The first-order chi connectivity index (χ1) is 18.5. The van der Waals surface area contributed by atoms with E-state index in [1.165, 1.54) is 45.4 Å². The number of nitrogens with zero attached hydrogens (tertiary/aromatic N) is 3. The van der Waals surface area contributed by atoms with Crippen LogP contribution in [0.1, 0.15) is 55.3 Å². The summed E-state index contributed by atoms with van der Waals surface area (Å²) in [4.78, 5) is 19.9. The summed E-state index contributed by atoms with van der Waals surface area (Å²) < 4.78 is 44.6. The van der Waals surface area contributed by atoms with E-state index in [0.29, 0.717) is 29.1 Å². The van der Waals surface area contributed by atoms with Gasteiger partial charge >= 0.3 is 6.61 Å². The van der Waals surface area contributed by atoms with Crippen LogP contribution in [0.5, 0.6) is 17.2 Å². The molecule has 1 N–H and O–H groups in total. The van der Waals surface area contributed by atoms with Gasteiger partial charge in [-0.05, 0) is 63.1 Å². The van der Waals surface area contributed by atoms with Crippen LogP contribution >= 0.6 is 0 Å². The van der Waals surface area contributed by atoms with Crippen molar-refractivity contribution in [1.82, 2.24) is 19.6 Å². The van der Waals surface area contributed by atoms with Crippen LogP contribution in [0.15, 0.2) is 36.7 Å². The summed E-state index contributed by atoms with van der Waals surface area (Å²) in [5.74, 6) is 0.136. The van der Waals surface area contributed by atoms with Crippen molar-refractivity contribution in [2.24, 2.45) is 0 Å². The summed E-state index contributed by atoms with van der Waals surface area (Å²) >= 11 is 0. The molecule has 0 atom stereocenters. The number of carbonyl (C=O) groups is 1. The molecule has 2 aromatic heterocycles. The Hall–Kier alpha value is -3.40. The van der Waals surface area contributed by atoms with Gasteiger partial charge in [-0.25, -0.2) is 4.98 Å². The highest BCUT2D eigenvalue weighted by molar-refractivity contribution is 6.01. The van der Waals surface area contributed by atoms with Crippen molar-refractivity contribution < 1.29 is 27.8 Å². The number of rotatable bonds is 11. The predicted octanol–water partition coefficient (Wildman–Crippen LogP) is 4.90. The third-order valence-electron chi connectivity index (χ3n) is 8.07. The number of fused-ring (bicyclic) bond motifs is 1. The smallest absolute Gasteiger partial charge is 0.387 e. The van der Waals surface area contributed by atoms with Crippen molar-refractivity contribution in [3.05, 3.63) is 42.2 Å². The highest BCUT2D eigenvalue weighted by Crippen LogP contribution is 2.46. The molecule has 0 unspecified atom stereocenters. The molecular formula is C28H32F2N4O4. The van der Waals surface area contributed by atoms with Gasteiger partial charge in [-0.15, -0.1) is 0 Å². The van der Waals surface area contributed by atoms with E-state index in [1.807, 2.05) is 22.7 Å². The van der Waals surface area contributed by atoms with Crippen LogP contribution in [0.4, 0.5) is 8.78 Å². The maximum absolute atomic E-state index is 13.3. The molecule has 6 rings (SSSR count). The Bertz CT molecular complexity index is 1330. The molecule has 3 aromatic rings. The number of nitrogens with one attached hydrogen (secondary N) is 1. The lowest BCUT2D eigenvalue weighted by Gasteiger charge is -2.59. The number of likely N-dealkylation sites (tertiary alicyclic amines) is 1. The normalized spacial score (nSPS) is 18.3. The number of ether oxygens (including phenoxy) is 3. The Morgan fingerprint density at radius 2 is 2.03 bits per heavy atom. The van der Waals surface area contributed by atoms with E-state index < -0.39 is 12.5 Å². The monoisotopic (exact) mass is 526 g/mol. The first-order valence-corrected chi connectivity index (χ1v) is 13.3. The number of pyridine rings is 1. The molecule has 2 aliphatic carbocycles. The van der Waals surface area contributed by atoms with Gasteiger partial charge in [-0.2, -0.15) is 8.78 Å². The van der Waals surface area contributed by atoms with Crippen LogP contribution in [0.3, 0.4) is 0 Å². The fourth-order valence-electron chi connectivity index (χ4n) is 5.59. The molecule has 202 valence electrons. The Labute approximate surface area is 219 Å². The molecule has 1 saturated heterocycles. The van der Waals surface area contributed by atoms with Crippen molar-refractivity contribution >= 4 is 11.6 Å². The summed E-state index contributed by atoms with van der Waals surface area (Å²) in [7, 11) is 1.39. The SMILES string of the molecule is COc1cc(-c2cnc3cc(OCCCN4CCC45CCC5)ccn23)cc(OC(F)F)c1C(=O)NC1CC1. The number of hydrogen-bond donors (Lipinski definition) is 1. The number of alkyl halides is 2. The number of aromatic nitrogens is 2. The second-order valence-electron chi connectivity index (χ2n) is 10.4. The molecule has 0 bridgehead atoms. The summed E-state index contributed by atoms with van der Waals surface area (Å²) in [6.07, 6.45) is 11.5. The van der Waals surface area contributed by atoms with Gasteiger partial charge in [-0.1, -0.05) is 0 Å². The number of carbonyl (C=O) groups excluding carboxylic acids is 1. The van der Waals surface area contributed by atoms with Crippen molar-refractivity contribution in [3.63, 3.8) is 0 Å². The lowest BCUT2D eigenvalue weighted by atomic mass is 9.68. The summed E-state index contributed by atoms with van der Waals surface area (Å²) in [6.45, 7) is -0.199. The Morgan fingerprint density at radius 1 is 1.21 bits per heavy atom. The molecule has 8 nitrogen and oxygen atoms in total. The van der Waals surface area contributed by atoms with Gasteiger partial charge < -0.3 is 19.5 Å². The quantitative estimate of drug-likeness (QED) is 0.358. The average Bonchev–Trinajstić information content (AvgIpc) is 3.56. The van der Waals surface area contributed by atoms with Gasteiger partial charge in [-0.3, -0.25) is 14.1 Å². The van der Waals surface area contributed by atoms with Crippen molar-refractivity contribution in [2.75, 3.05) is 26.8 Å². The molecule has 1 spiro atoms. The van der Waals surface area contributed by atoms with Crippen molar-refractivity contribution in [3.8, 4) is 28.5 Å². The molecule has 10 heteroatoms. The minimum atomic E-state index is -3.09. The van der Waals surface area contributed by atoms with E-state index in [-0.39, 0.29) is 23.1 Å².